The Bertz CT molecular complexity index is 1100. The van der Waals surface area contributed by atoms with Gasteiger partial charge in [-0.15, -0.1) is 0 Å². The summed E-state index contributed by atoms with van der Waals surface area (Å²) < 4.78 is 10.9. The molecule has 31 heavy (non-hydrogen) atoms. The minimum atomic E-state index is -0.591. The van der Waals surface area contributed by atoms with E-state index in [0.717, 1.165) is 17.7 Å². The molecule has 2 atom stereocenters. The molecule has 1 amide bonds. The predicted molar refractivity (Wildman–Crippen MR) is 119 cm³/mol. The van der Waals surface area contributed by atoms with E-state index in [-0.39, 0.29) is 29.4 Å². The van der Waals surface area contributed by atoms with Crippen molar-refractivity contribution in [3.63, 3.8) is 0 Å². The molecule has 0 saturated heterocycles. The molecule has 2 heterocycles. The quantitative estimate of drug-likeness (QED) is 0.596. The molecule has 0 fully saturated rings. The van der Waals surface area contributed by atoms with Crippen molar-refractivity contribution < 1.29 is 14.3 Å². The number of carbonyl (C=O) groups is 1. The summed E-state index contributed by atoms with van der Waals surface area (Å²) in [6.45, 7) is 5.40. The normalized spacial score (nSPS) is 18.7. The Morgan fingerprint density at radius 2 is 2.00 bits per heavy atom. The van der Waals surface area contributed by atoms with Gasteiger partial charge in [-0.25, -0.2) is 0 Å². The van der Waals surface area contributed by atoms with Crippen LogP contribution in [0.1, 0.15) is 42.6 Å². The number of hydrogen-bond donors (Lipinski definition) is 2. The highest BCUT2D eigenvalue weighted by molar-refractivity contribution is 6.04. The van der Waals surface area contributed by atoms with Gasteiger partial charge < -0.3 is 25.0 Å². The van der Waals surface area contributed by atoms with Gasteiger partial charge >= 0.3 is 0 Å². The Hall–Kier alpha value is -3.13. The molecule has 2 aromatic carbocycles. The summed E-state index contributed by atoms with van der Waals surface area (Å²) in [5, 5.41) is 6.23. The van der Waals surface area contributed by atoms with Gasteiger partial charge in [-0.2, -0.15) is 0 Å². The standard InChI is InChI=1S/C23H27N3O5/c1-4-15(17-9-8-13(2)31-17)24-19-20(22(28)21(19)27)25-16-7-5-6-14-12-26(10-11-30-3)23(29)18(14)16/h5-7,9,13,15,24-25H,4,8,10-12H2,1-3H3. The van der Waals surface area contributed by atoms with Crippen molar-refractivity contribution in [2.75, 3.05) is 30.9 Å². The zero-order valence-electron chi connectivity index (χ0n) is 18.0. The molecule has 8 nitrogen and oxygen atoms in total. The molecule has 0 aromatic heterocycles. The van der Waals surface area contributed by atoms with E-state index < -0.39 is 10.9 Å². The van der Waals surface area contributed by atoms with Crippen LogP contribution in [0, 0.1) is 0 Å². The number of ether oxygens (including phenoxy) is 2. The number of nitrogens with one attached hydrogen (secondary N) is 2. The number of carbonyl (C=O) groups excluding carboxylic acids is 1. The van der Waals surface area contributed by atoms with E-state index in [9.17, 15) is 14.4 Å². The van der Waals surface area contributed by atoms with Crippen LogP contribution in [-0.2, 0) is 16.0 Å². The summed E-state index contributed by atoms with van der Waals surface area (Å²) in [4.78, 5) is 39.2. The number of amides is 1. The first kappa shape index (κ1) is 21.1. The van der Waals surface area contributed by atoms with E-state index in [2.05, 4.69) is 10.6 Å². The SMILES string of the molecule is CCC(Nc1c(Nc2cccc3c2C(=O)N(CCOC)C3)c(=O)c1=O)C1=CCC(C)O1. The topological polar surface area (TPSA) is 97.0 Å². The van der Waals surface area contributed by atoms with Crippen LogP contribution >= 0.6 is 0 Å². The van der Waals surface area contributed by atoms with Gasteiger partial charge in [0, 0.05) is 26.6 Å². The molecule has 2 N–H and O–H groups in total. The highest BCUT2D eigenvalue weighted by Crippen LogP contribution is 2.33. The molecule has 2 aliphatic rings. The van der Waals surface area contributed by atoms with E-state index >= 15 is 0 Å². The van der Waals surface area contributed by atoms with Crippen LogP contribution < -0.4 is 21.5 Å². The second kappa shape index (κ2) is 8.55. The number of benzene rings is 1. The first-order chi connectivity index (χ1) is 14.9. The summed E-state index contributed by atoms with van der Waals surface area (Å²) in [5.41, 5.74) is 1.20. The van der Waals surface area contributed by atoms with E-state index in [0.29, 0.717) is 37.4 Å². The minimum absolute atomic E-state index is 0.107. The van der Waals surface area contributed by atoms with Crippen LogP contribution in [0.3, 0.4) is 0 Å². The summed E-state index contributed by atoms with van der Waals surface area (Å²) in [6, 6.07) is 5.28. The van der Waals surface area contributed by atoms with Gasteiger partial charge in [0.1, 0.15) is 17.1 Å². The third kappa shape index (κ3) is 3.83. The number of nitrogens with zero attached hydrogens (tertiary/aromatic N) is 1. The van der Waals surface area contributed by atoms with Crippen molar-refractivity contribution in [2.24, 2.45) is 0 Å². The molecule has 0 radical (unpaired) electrons. The van der Waals surface area contributed by atoms with Crippen LogP contribution in [0.15, 0.2) is 39.6 Å². The average Bonchev–Trinajstić information content (AvgIpc) is 3.35. The Morgan fingerprint density at radius 3 is 2.68 bits per heavy atom. The minimum Gasteiger partial charge on any atom is -0.493 e. The molecule has 4 rings (SSSR count). The monoisotopic (exact) mass is 425 g/mol. The van der Waals surface area contributed by atoms with Gasteiger partial charge in [0.25, 0.3) is 16.8 Å². The van der Waals surface area contributed by atoms with Crippen LogP contribution in [0.2, 0.25) is 0 Å². The van der Waals surface area contributed by atoms with Gasteiger partial charge in [0.2, 0.25) is 0 Å². The lowest BCUT2D eigenvalue weighted by Gasteiger charge is -2.23. The predicted octanol–water partition coefficient (Wildman–Crippen LogP) is 2.51. The van der Waals surface area contributed by atoms with Crippen molar-refractivity contribution in [1.29, 1.82) is 0 Å². The summed E-state index contributed by atoms with van der Waals surface area (Å²) in [6.07, 6.45) is 3.64. The van der Waals surface area contributed by atoms with E-state index in [1.807, 2.05) is 32.1 Å². The smallest absolute Gasteiger partial charge is 0.256 e. The molecule has 0 aliphatic carbocycles. The Kier molecular flexibility index (Phi) is 5.82. The van der Waals surface area contributed by atoms with Gasteiger partial charge in [-0.1, -0.05) is 19.1 Å². The van der Waals surface area contributed by atoms with Gasteiger partial charge in [0.15, 0.2) is 0 Å². The van der Waals surface area contributed by atoms with Crippen molar-refractivity contribution >= 4 is 23.0 Å². The fraction of sp³-hybridized carbons (Fsp3) is 0.435. The zero-order valence-corrected chi connectivity index (χ0v) is 18.0. The lowest BCUT2D eigenvalue weighted by Crippen LogP contribution is -2.39. The summed E-state index contributed by atoms with van der Waals surface area (Å²) in [7, 11) is 1.60. The molecule has 8 heteroatoms. The highest BCUT2D eigenvalue weighted by atomic mass is 16.5. The van der Waals surface area contributed by atoms with Gasteiger partial charge in [-0.05, 0) is 31.1 Å². The first-order valence-electron chi connectivity index (χ1n) is 10.6. The van der Waals surface area contributed by atoms with Crippen molar-refractivity contribution in [1.82, 2.24) is 4.90 Å². The number of methoxy groups -OCH3 is 1. The van der Waals surface area contributed by atoms with E-state index in [4.69, 9.17) is 9.47 Å². The second-order valence-corrected chi connectivity index (χ2v) is 7.97. The maximum Gasteiger partial charge on any atom is 0.256 e. The lowest BCUT2D eigenvalue weighted by molar-refractivity contribution is 0.0720. The molecular weight excluding hydrogens is 398 g/mol. The second-order valence-electron chi connectivity index (χ2n) is 7.97. The Morgan fingerprint density at radius 1 is 1.23 bits per heavy atom. The molecule has 0 spiro atoms. The van der Waals surface area contributed by atoms with Crippen LogP contribution in [0.5, 0.6) is 0 Å². The van der Waals surface area contributed by atoms with E-state index in [1.54, 1.807) is 18.1 Å². The maximum atomic E-state index is 12.9. The molecule has 0 saturated carbocycles. The van der Waals surface area contributed by atoms with Gasteiger partial charge in [0.05, 0.1) is 30.0 Å². The number of hydrogen-bond acceptors (Lipinski definition) is 7. The van der Waals surface area contributed by atoms with Crippen LogP contribution in [0.25, 0.3) is 0 Å². The highest BCUT2D eigenvalue weighted by Gasteiger charge is 2.32. The summed E-state index contributed by atoms with van der Waals surface area (Å²) in [5.74, 6) is 0.673. The van der Waals surface area contributed by atoms with Crippen molar-refractivity contribution in [3.05, 3.63) is 61.6 Å². The zero-order chi connectivity index (χ0) is 22.1. The van der Waals surface area contributed by atoms with Gasteiger partial charge in [-0.3, -0.25) is 14.4 Å². The average molecular weight is 425 g/mol. The van der Waals surface area contributed by atoms with Crippen LogP contribution in [-0.4, -0.2) is 43.2 Å². The largest absolute Gasteiger partial charge is 0.493 e. The van der Waals surface area contributed by atoms with E-state index in [1.165, 1.54) is 0 Å². The molecule has 2 aliphatic heterocycles. The third-order valence-electron chi connectivity index (χ3n) is 5.81. The Labute approximate surface area is 180 Å². The molecule has 2 aromatic rings. The fourth-order valence-electron chi connectivity index (χ4n) is 4.07. The fourth-order valence-corrected chi connectivity index (χ4v) is 4.07. The maximum absolute atomic E-state index is 12.9. The number of anilines is 3. The molecule has 2 unspecified atom stereocenters. The molecule has 0 bridgehead atoms. The number of fused-ring (bicyclic) bond motifs is 1. The number of rotatable bonds is 9. The molecule has 164 valence electrons. The van der Waals surface area contributed by atoms with Crippen molar-refractivity contribution in [3.8, 4) is 0 Å². The lowest BCUT2D eigenvalue weighted by atomic mass is 10.1. The summed E-state index contributed by atoms with van der Waals surface area (Å²) >= 11 is 0. The van der Waals surface area contributed by atoms with Crippen LogP contribution in [0.4, 0.5) is 17.1 Å². The molecular formula is C23H27N3O5. The third-order valence-corrected chi connectivity index (χ3v) is 5.81. The first-order valence-corrected chi connectivity index (χ1v) is 10.6. The van der Waals surface area contributed by atoms with Crippen molar-refractivity contribution in [2.45, 2.75) is 45.4 Å². The Balaban J connectivity index is 1.57.